The maximum Gasteiger partial charge on any atom is 0.187 e. The van der Waals surface area contributed by atoms with Gasteiger partial charge in [0.15, 0.2) is 19.7 Å². The van der Waals surface area contributed by atoms with Crippen LogP contribution >= 0.6 is 0 Å². The number of ether oxygens (including phenoxy) is 1. The van der Waals surface area contributed by atoms with Gasteiger partial charge in [-0.15, -0.1) is 0 Å². The van der Waals surface area contributed by atoms with Gasteiger partial charge in [-0.05, 0) is 36.8 Å². The van der Waals surface area contributed by atoms with Crippen LogP contribution in [0.3, 0.4) is 0 Å². The van der Waals surface area contributed by atoms with E-state index in [2.05, 4.69) is 10.3 Å². The molecule has 0 aliphatic carbocycles. The van der Waals surface area contributed by atoms with Gasteiger partial charge in [0.2, 0.25) is 0 Å². The van der Waals surface area contributed by atoms with Crippen LogP contribution in [0.25, 0.3) is 0 Å². The molecule has 0 saturated carbocycles. The summed E-state index contributed by atoms with van der Waals surface area (Å²) in [4.78, 5) is 4.20. The molecule has 1 aliphatic rings. The first kappa shape index (κ1) is 19.8. The van der Waals surface area contributed by atoms with Gasteiger partial charge in [0.05, 0.1) is 29.6 Å². The highest BCUT2D eigenvalue weighted by Gasteiger charge is 2.46. The van der Waals surface area contributed by atoms with E-state index in [1.54, 1.807) is 37.4 Å². The third kappa shape index (κ3) is 4.31. The number of nitrogens with zero attached hydrogens (tertiary/aromatic N) is 1. The third-order valence-electron chi connectivity index (χ3n) is 4.60. The van der Waals surface area contributed by atoms with Crippen molar-refractivity contribution in [2.45, 2.75) is 29.7 Å². The molecule has 3 rings (SSSR count). The van der Waals surface area contributed by atoms with E-state index in [0.717, 1.165) is 5.56 Å². The third-order valence-corrected chi connectivity index (χ3v) is 8.77. The zero-order valence-corrected chi connectivity index (χ0v) is 16.8. The molecule has 1 fully saturated rings. The molecule has 0 spiro atoms. The lowest BCUT2D eigenvalue weighted by molar-refractivity contribution is 0.402. The molecule has 2 atom stereocenters. The van der Waals surface area contributed by atoms with E-state index in [-0.39, 0.29) is 22.9 Å². The summed E-state index contributed by atoms with van der Waals surface area (Å²) in [6.07, 6.45) is 1.63. The smallest absolute Gasteiger partial charge is 0.187 e. The summed E-state index contributed by atoms with van der Waals surface area (Å²) in [6.45, 7) is 2.07. The molecule has 27 heavy (non-hydrogen) atoms. The summed E-state index contributed by atoms with van der Waals surface area (Å²) in [6, 6.07) is 9.54. The van der Waals surface area contributed by atoms with Gasteiger partial charge < -0.3 is 10.1 Å². The highest BCUT2D eigenvalue weighted by Crippen LogP contribution is 2.32. The van der Waals surface area contributed by atoms with Crippen molar-refractivity contribution in [1.82, 2.24) is 10.3 Å². The Balaban J connectivity index is 1.93. The fourth-order valence-electron chi connectivity index (χ4n) is 3.22. The van der Waals surface area contributed by atoms with Crippen LogP contribution in [0.5, 0.6) is 5.75 Å². The van der Waals surface area contributed by atoms with E-state index in [4.69, 9.17) is 4.74 Å². The molecule has 0 amide bonds. The Morgan fingerprint density at radius 2 is 2.00 bits per heavy atom. The minimum atomic E-state index is -3.92. The van der Waals surface area contributed by atoms with E-state index in [9.17, 15) is 16.8 Å². The number of methoxy groups -OCH3 is 1. The molecule has 1 aromatic carbocycles. The maximum atomic E-state index is 13.3. The second-order valence-electron chi connectivity index (χ2n) is 6.62. The van der Waals surface area contributed by atoms with Crippen molar-refractivity contribution >= 4 is 19.7 Å². The zero-order chi connectivity index (χ0) is 19.7. The topological polar surface area (TPSA) is 102 Å². The van der Waals surface area contributed by atoms with Gasteiger partial charge in [0.1, 0.15) is 10.6 Å². The lowest BCUT2D eigenvalue weighted by atomic mass is 10.2. The number of rotatable bonds is 6. The lowest BCUT2D eigenvalue weighted by Crippen LogP contribution is -2.43. The number of aromatic nitrogens is 1. The molecule has 146 valence electrons. The van der Waals surface area contributed by atoms with Crippen molar-refractivity contribution in [3.05, 3.63) is 53.9 Å². The molecular weight excluding hydrogens is 388 g/mol. The van der Waals surface area contributed by atoms with Crippen LogP contribution < -0.4 is 10.1 Å². The van der Waals surface area contributed by atoms with E-state index >= 15 is 0 Å². The van der Waals surface area contributed by atoms with Gasteiger partial charge in [0.25, 0.3) is 0 Å². The summed E-state index contributed by atoms with van der Waals surface area (Å²) >= 11 is 0. The molecule has 0 bridgehead atoms. The molecule has 2 aromatic rings. The van der Waals surface area contributed by atoms with Gasteiger partial charge in [0, 0.05) is 18.8 Å². The molecule has 1 aliphatic heterocycles. The highest BCUT2D eigenvalue weighted by atomic mass is 32.2. The summed E-state index contributed by atoms with van der Waals surface area (Å²) in [5.74, 6) is -0.419. The second-order valence-corrected chi connectivity index (χ2v) is 10.9. The first-order valence-electron chi connectivity index (χ1n) is 8.45. The Morgan fingerprint density at radius 3 is 2.67 bits per heavy atom. The van der Waals surface area contributed by atoms with Crippen LogP contribution in [0.2, 0.25) is 0 Å². The second kappa shape index (κ2) is 7.57. The molecular formula is C18H22N2O5S2. The van der Waals surface area contributed by atoms with Crippen molar-refractivity contribution in [3.8, 4) is 5.75 Å². The molecule has 1 saturated heterocycles. The monoisotopic (exact) mass is 410 g/mol. The molecule has 0 radical (unpaired) electrons. The first-order chi connectivity index (χ1) is 12.7. The Morgan fingerprint density at radius 1 is 1.22 bits per heavy atom. The molecule has 1 aromatic heterocycles. The van der Waals surface area contributed by atoms with Crippen molar-refractivity contribution in [1.29, 1.82) is 0 Å². The number of sulfone groups is 2. The van der Waals surface area contributed by atoms with E-state index < -0.39 is 36.7 Å². The van der Waals surface area contributed by atoms with E-state index in [1.807, 2.05) is 6.07 Å². The first-order valence-corrected chi connectivity index (χ1v) is 11.8. The van der Waals surface area contributed by atoms with Gasteiger partial charge in [-0.25, -0.2) is 16.8 Å². The largest absolute Gasteiger partial charge is 0.495 e. The van der Waals surface area contributed by atoms with Crippen LogP contribution in [-0.2, 0) is 26.2 Å². The predicted molar refractivity (Wildman–Crippen MR) is 102 cm³/mol. The average Bonchev–Trinajstić information content (AvgIpc) is 2.96. The summed E-state index contributed by atoms with van der Waals surface area (Å²) < 4.78 is 56.2. The summed E-state index contributed by atoms with van der Waals surface area (Å²) in [5, 5.41) is 1.99. The number of hydrogen-bond donors (Lipinski definition) is 1. The quantitative estimate of drug-likeness (QED) is 0.761. The molecule has 0 unspecified atom stereocenters. The number of hydrogen-bond acceptors (Lipinski definition) is 7. The molecule has 9 heteroatoms. The van der Waals surface area contributed by atoms with Gasteiger partial charge >= 0.3 is 0 Å². The number of pyridine rings is 1. The average molecular weight is 411 g/mol. The normalized spacial score (nSPS) is 21.9. The number of benzene rings is 1. The number of aryl methyl sites for hydroxylation is 1. The van der Waals surface area contributed by atoms with Crippen molar-refractivity contribution in [3.63, 3.8) is 0 Å². The minimum Gasteiger partial charge on any atom is -0.495 e. The summed E-state index contributed by atoms with van der Waals surface area (Å²) in [7, 11) is -5.99. The SMILES string of the molecule is COc1ccc(C)cc1S(=O)(=O)[C@H]1CS(=O)(=O)C[C@H]1NCc1ccccn1. The van der Waals surface area contributed by atoms with Crippen molar-refractivity contribution in [2.75, 3.05) is 18.6 Å². The standard InChI is InChI=1S/C18H22N2O5S2/c1-13-6-7-16(25-2)17(9-13)27(23,24)18-12-26(21,22)11-15(18)20-10-14-5-3-4-8-19-14/h3-9,15,18,20H,10-12H2,1-2H3/t15-,18+/m1/s1. The number of nitrogens with one attached hydrogen (secondary N) is 1. The fraction of sp³-hybridized carbons (Fsp3) is 0.389. The van der Waals surface area contributed by atoms with E-state index in [1.165, 1.54) is 13.2 Å². The van der Waals surface area contributed by atoms with Crippen LogP contribution in [0.1, 0.15) is 11.3 Å². The van der Waals surface area contributed by atoms with Gasteiger partial charge in [-0.3, -0.25) is 4.98 Å². The van der Waals surface area contributed by atoms with E-state index in [0.29, 0.717) is 5.69 Å². The minimum absolute atomic E-state index is 0.0248. The molecule has 2 heterocycles. The van der Waals surface area contributed by atoms with Crippen LogP contribution in [-0.4, -0.2) is 51.7 Å². The Kier molecular flexibility index (Phi) is 5.55. The lowest BCUT2D eigenvalue weighted by Gasteiger charge is -2.21. The van der Waals surface area contributed by atoms with Gasteiger partial charge in [-0.2, -0.15) is 0 Å². The fourth-order valence-corrected chi connectivity index (χ4v) is 8.18. The molecule has 1 N–H and O–H groups in total. The Labute approximate surface area is 159 Å². The Bertz CT molecular complexity index is 1020. The molecule has 7 nitrogen and oxygen atoms in total. The maximum absolute atomic E-state index is 13.3. The predicted octanol–water partition coefficient (Wildman–Crippen LogP) is 1.13. The van der Waals surface area contributed by atoms with Crippen LogP contribution in [0.15, 0.2) is 47.5 Å². The summed E-state index contributed by atoms with van der Waals surface area (Å²) in [5.41, 5.74) is 1.47. The van der Waals surface area contributed by atoms with Gasteiger partial charge in [-0.1, -0.05) is 12.1 Å². The van der Waals surface area contributed by atoms with Crippen LogP contribution in [0, 0.1) is 6.92 Å². The Hall–Kier alpha value is -1.97. The van der Waals surface area contributed by atoms with Crippen molar-refractivity contribution in [2.24, 2.45) is 0 Å². The highest BCUT2D eigenvalue weighted by molar-refractivity contribution is 7.96. The van der Waals surface area contributed by atoms with Crippen molar-refractivity contribution < 1.29 is 21.6 Å². The zero-order valence-electron chi connectivity index (χ0n) is 15.1. The van der Waals surface area contributed by atoms with Crippen LogP contribution in [0.4, 0.5) is 0 Å².